The number of rotatable bonds is 2. The standard InChI is InChI=1S/C12H11ClN2O/c1-8-5-9(2)7-10(6-8)16-12-14-4-3-11(13)15-12/h3-7H,1-2H3. The van der Waals surface area contributed by atoms with Crippen LogP contribution in [0.4, 0.5) is 0 Å². The molecule has 1 heterocycles. The van der Waals surface area contributed by atoms with Crippen LogP contribution in [0.1, 0.15) is 11.1 Å². The SMILES string of the molecule is Cc1cc(C)cc(Oc2nccc(Cl)n2)c1. The van der Waals surface area contributed by atoms with Crippen LogP contribution in [0.5, 0.6) is 11.8 Å². The number of aryl methyl sites for hydroxylation is 2. The molecular weight excluding hydrogens is 224 g/mol. The zero-order valence-corrected chi connectivity index (χ0v) is 9.82. The van der Waals surface area contributed by atoms with E-state index in [1.54, 1.807) is 12.3 Å². The zero-order valence-electron chi connectivity index (χ0n) is 9.07. The van der Waals surface area contributed by atoms with Crippen molar-refractivity contribution in [2.24, 2.45) is 0 Å². The van der Waals surface area contributed by atoms with Gasteiger partial charge < -0.3 is 4.74 Å². The number of hydrogen-bond acceptors (Lipinski definition) is 3. The van der Waals surface area contributed by atoms with Crippen LogP contribution in [0, 0.1) is 13.8 Å². The third kappa shape index (κ3) is 2.70. The maximum absolute atomic E-state index is 5.74. The first-order chi connectivity index (χ1) is 7.63. The average molecular weight is 235 g/mol. The minimum absolute atomic E-state index is 0.262. The summed E-state index contributed by atoms with van der Waals surface area (Å²) in [5.74, 6) is 0.722. The van der Waals surface area contributed by atoms with E-state index in [1.165, 1.54) is 0 Å². The molecule has 0 aliphatic carbocycles. The summed E-state index contributed by atoms with van der Waals surface area (Å²) >= 11 is 5.74. The summed E-state index contributed by atoms with van der Waals surface area (Å²) in [7, 11) is 0. The molecule has 4 heteroatoms. The first-order valence-electron chi connectivity index (χ1n) is 4.88. The van der Waals surface area contributed by atoms with Gasteiger partial charge in [-0.05, 0) is 43.2 Å². The molecule has 0 fully saturated rings. The van der Waals surface area contributed by atoms with E-state index in [2.05, 4.69) is 16.0 Å². The quantitative estimate of drug-likeness (QED) is 0.746. The Labute approximate surface area is 99.1 Å². The van der Waals surface area contributed by atoms with Gasteiger partial charge in [0.1, 0.15) is 10.9 Å². The predicted octanol–water partition coefficient (Wildman–Crippen LogP) is 3.54. The molecule has 0 aliphatic heterocycles. The topological polar surface area (TPSA) is 35.0 Å². The van der Waals surface area contributed by atoms with Crippen molar-refractivity contribution in [2.45, 2.75) is 13.8 Å². The van der Waals surface area contributed by atoms with Gasteiger partial charge in [0, 0.05) is 6.20 Å². The van der Waals surface area contributed by atoms with E-state index in [0.29, 0.717) is 5.15 Å². The maximum Gasteiger partial charge on any atom is 0.323 e. The van der Waals surface area contributed by atoms with Crippen molar-refractivity contribution < 1.29 is 4.74 Å². The summed E-state index contributed by atoms with van der Waals surface area (Å²) in [5.41, 5.74) is 2.27. The fraction of sp³-hybridized carbons (Fsp3) is 0.167. The lowest BCUT2D eigenvalue weighted by molar-refractivity contribution is 0.441. The van der Waals surface area contributed by atoms with Crippen LogP contribution in [-0.2, 0) is 0 Å². The number of benzene rings is 1. The van der Waals surface area contributed by atoms with Crippen LogP contribution in [0.25, 0.3) is 0 Å². The van der Waals surface area contributed by atoms with Gasteiger partial charge in [-0.1, -0.05) is 17.7 Å². The minimum Gasteiger partial charge on any atom is -0.424 e. The summed E-state index contributed by atoms with van der Waals surface area (Å²) < 4.78 is 5.51. The van der Waals surface area contributed by atoms with Crippen LogP contribution in [0.2, 0.25) is 5.15 Å². The second-order valence-electron chi connectivity index (χ2n) is 3.59. The Balaban J connectivity index is 2.27. The van der Waals surface area contributed by atoms with E-state index in [0.717, 1.165) is 16.9 Å². The second-order valence-corrected chi connectivity index (χ2v) is 3.97. The molecule has 2 rings (SSSR count). The molecule has 1 aromatic heterocycles. The molecule has 0 spiro atoms. The Morgan fingerprint density at radius 3 is 2.44 bits per heavy atom. The van der Waals surface area contributed by atoms with Crippen molar-refractivity contribution >= 4 is 11.6 Å². The van der Waals surface area contributed by atoms with Gasteiger partial charge in [-0.15, -0.1) is 0 Å². The molecule has 0 atom stereocenters. The highest BCUT2D eigenvalue weighted by atomic mass is 35.5. The van der Waals surface area contributed by atoms with E-state index in [-0.39, 0.29) is 6.01 Å². The van der Waals surface area contributed by atoms with E-state index in [4.69, 9.17) is 16.3 Å². The fourth-order valence-corrected chi connectivity index (χ4v) is 1.60. The highest BCUT2D eigenvalue weighted by molar-refractivity contribution is 6.29. The third-order valence-electron chi connectivity index (χ3n) is 2.00. The van der Waals surface area contributed by atoms with Gasteiger partial charge in [-0.2, -0.15) is 4.98 Å². The van der Waals surface area contributed by atoms with Crippen LogP contribution < -0.4 is 4.74 Å². The van der Waals surface area contributed by atoms with Gasteiger partial charge in [0.15, 0.2) is 0 Å². The summed E-state index contributed by atoms with van der Waals surface area (Å²) in [6.45, 7) is 4.03. The lowest BCUT2D eigenvalue weighted by Crippen LogP contribution is -1.92. The predicted molar refractivity (Wildman–Crippen MR) is 63.0 cm³/mol. The summed E-state index contributed by atoms with van der Waals surface area (Å²) in [6.07, 6.45) is 1.56. The van der Waals surface area contributed by atoms with Crippen LogP contribution in [0.3, 0.4) is 0 Å². The van der Waals surface area contributed by atoms with E-state index in [1.807, 2.05) is 26.0 Å². The van der Waals surface area contributed by atoms with Gasteiger partial charge in [0.05, 0.1) is 0 Å². The van der Waals surface area contributed by atoms with Crippen molar-refractivity contribution in [3.63, 3.8) is 0 Å². The maximum atomic E-state index is 5.74. The van der Waals surface area contributed by atoms with Gasteiger partial charge in [-0.25, -0.2) is 4.98 Å². The van der Waals surface area contributed by atoms with Crippen molar-refractivity contribution in [1.29, 1.82) is 0 Å². The van der Waals surface area contributed by atoms with Crippen molar-refractivity contribution in [2.75, 3.05) is 0 Å². The fourth-order valence-electron chi connectivity index (χ4n) is 1.47. The lowest BCUT2D eigenvalue weighted by Gasteiger charge is -2.05. The Kier molecular flexibility index (Phi) is 3.06. The molecule has 0 aliphatic rings. The zero-order chi connectivity index (χ0) is 11.5. The summed E-state index contributed by atoms with van der Waals surface area (Å²) in [5, 5.41) is 0.370. The van der Waals surface area contributed by atoms with Crippen LogP contribution >= 0.6 is 11.6 Å². The molecule has 0 amide bonds. The van der Waals surface area contributed by atoms with Gasteiger partial charge in [0.25, 0.3) is 0 Å². The molecule has 2 aromatic rings. The highest BCUT2D eigenvalue weighted by Crippen LogP contribution is 2.21. The van der Waals surface area contributed by atoms with Crippen LogP contribution in [0.15, 0.2) is 30.5 Å². The van der Waals surface area contributed by atoms with E-state index >= 15 is 0 Å². The average Bonchev–Trinajstić information content (AvgIpc) is 2.15. The van der Waals surface area contributed by atoms with E-state index < -0.39 is 0 Å². The van der Waals surface area contributed by atoms with Gasteiger partial charge in [-0.3, -0.25) is 0 Å². The normalized spacial score (nSPS) is 10.2. The molecule has 16 heavy (non-hydrogen) atoms. The molecule has 1 aromatic carbocycles. The number of nitrogens with zero attached hydrogens (tertiary/aromatic N) is 2. The van der Waals surface area contributed by atoms with E-state index in [9.17, 15) is 0 Å². The Bertz CT molecular complexity index is 494. The molecule has 0 saturated carbocycles. The first-order valence-corrected chi connectivity index (χ1v) is 5.26. The van der Waals surface area contributed by atoms with Crippen molar-refractivity contribution in [1.82, 2.24) is 9.97 Å². The number of halogens is 1. The third-order valence-corrected chi connectivity index (χ3v) is 2.21. The first kappa shape index (κ1) is 10.9. The van der Waals surface area contributed by atoms with Gasteiger partial charge in [0.2, 0.25) is 0 Å². The van der Waals surface area contributed by atoms with Crippen LogP contribution in [-0.4, -0.2) is 9.97 Å². The minimum atomic E-state index is 0.262. The molecular formula is C12H11ClN2O. The molecule has 3 nitrogen and oxygen atoms in total. The van der Waals surface area contributed by atoms with Gasteiger partial charge >= 0.3 is 6.01 Å². The number of aromatic nitrogens is 2. The molecule has 0 N–H and O–H groups in total. The van der Waals surface area contributed by atoms with Crippen molar-refractivity contribution in [3.8, 4) is 11.8 Å². The number of hydrogen-bond donors (Lipinski definition) is 0. The Hall–Kier alpha value is -1.61. The molecule has 82 valence electrons. The molecule has 0 bridgehead atoms. The number of ether oxygens (including phenoxy) is 1. The lowest BCUT2D eigenvalue weighted by atomic mass is 10.1. The molecule has 0 saturated heterocycles. The Morgan fingerprint density at radius 1 is 1.12 bits per heavy atom. The highest BCUT2D eigenvalue weighted by Gasteiger charge is 2.02. The van der Waals surface area contributed by atoms with Crippen molar-refractivity contribution in [3.05, 3.63) is 46.7 Å². The Morgan fingerprint density at radius 2 is 1.81 bits per heavy atom. The summed E-state index contributed by atoms with van der Waals surface area (Å²) in [4.78, 5) is 7.94. The molecule has 0 radical (unpaired) electrons. The molecule has 0 unspecified atom stereocenters. The largest absolute Gasteiger partial charge is 0.424 e. The smallest absolute Gasteiger partial charge is 0.323 e. The summed E-state index contributed by atoms with van der Waals surface area (Å²) in [6, 6.07) is 7.80. The second kappa shape index (κ2) is 4.49. The monoisotopic (exact) mass is 234 g/mol.